The van der Waals surface area contributed by atoms with Crippen LogP contribution in [0.4, 0.5) is 16.0 Å². The summed E-state index contributed by atoms with van der Waals surface area (Å²) in [6, 6.07) is 4.19. The van der Waals surface area contributed by atoms with Crippen molar-refractivity contribution in [3.05, 3.63) is 30.2 Å². The number of pyridine rings is 1. The van der Waals surface area contributed by atoms with E-state index in [1.807, 2.05) is 4.90 Å². The van der Waals surface area contributed by atoms with Crippen molar-refractivity contribution in [2.24, 2.45) is 0 Å². The average Bonchev–Trinajstić information content (AvgIpc) is 3.36. The van der Waals surface area contributed by atoms with Crippen LogP contribution in [0.15, 0.2) is 24.4 Å². The Kier molecular flexibility index (Phi) is 6.77. The van der Waals surface area contributed by atoms with Crippen LogP contribution >= 0.6 is 0 Å². The number of aromatic nitrogens is 3. The van der Waals surface area contributed by atoms with Crippen LogP contribution in [0.5, 0.6) is 11.6 Å². The van der Waals surface area contributed by atoms with Crippen molar-refractivity contribution in [3.63, 3.8) is 0 Å². The van der Waals surface area contributed by atoms with Gasteiger partial charge in [0.1, 0.15) is 28.9 Å². The lowest BCUT2D eigenvalue weighted by molar-refractivity contribution is 0.122. The lowest BCUT2D eigenvalue weighted by Crippen LogP contribution is -2.37. The number of nitrogens with zero attached hydrogens (tertiary/aromatic N) is 4. The molecule has 0 radical (unpaired) electrons. The molecular formula is C23H26FN5O6S. The monoisotopic (exact) mass is 519 g/mol. The van der Waals surface area contributed by atoms with Crippen molar-refractivity contribution < 1.29 is 31.8 Å². The summed E-state index contributed by atoms with van der Waals surface area (Å²) in [6.07, 6.45) is 3.00. The fourth-order valence-corrected chi connectivity index (χ4v) is 4.72. The summed E-state index contributed by atoms with van der Waals surface area (Å²) in [7, 11) is -2.23. The van der Waals surface area contributed by atoms with Crippen LogP contribution in [0.1, 0.15) is 6.42 Å². The standard InChI is InChI=1S/C23H26FN5O6S/c1-32-22-18(28-36(2,30)31)9-14(12-25-22)20-17-10-15(24)11-19(35-16-3-6-34-13-16)21(17)27-23(26-20)29-4-7-33-8-5-29/h9-12,16,28H,3-8,13H2,1-2H3/t16-/m1/s1. The molecule has 5 rings (SSSR count). The molecule has 2 saturated heterocycles. The predicted molar refractivity (Wildman–Crippen MR) is 131 cm³/mol. The second-order valence-electron chi connectivity index (χ2n) is 8.53. The number of nitrogens with one attached hydrogen (secondary N) is 1. The summed E-state index contributed by atoms with van der Waals surface area (Å²) in [5.41, 5.74) is 1.39. The number of hydrogen-bond donors (Lipinski definition) is 1. The van der Waals surface area contributed by atoms with E-state index >= 15 is 0 Å². The van der Waals surface area contributed by atoms with Gasteiger partial charge in [0.2, 0.25) is 21.9 Å². The highest BCUT2D eigenvalue weighted by atomic mass is 32.2. The molecule has 0 unspecified atom stereocenters. The molecule has 2 aromatic heterocycles. The van der Waals surface area contributed by atoms with Gasteiger partial charge in [0.05, 0.1) is 45.5 Å². The van der Waals surface area contributed by atoms with Crippen molar-refractivity contribution >= 4 is 32.6 Å². The molecule has 0 amide bonds. The van der Waals surface area contributed by atoms with Gasteiger partial charge in [-0.05, 0) is 12.1 Å². The Hall–Kier alpha value is -3.29. The molecular weight excluding hydrogens is 493 g/mol. The van der Waals surface area contributed by atoms with Gasteiger partial charge >= 0.3 is 0 Å². The van der Waals surface area contributed by atoms with Gasteiger partial charge in [-0.2, -0.15) is 0 Å². The van der Waals surface area contributed by atoms with Gasteiger partial charge in [-0.3, -0.25) is 4.72 Å². The first kappa shape index (κ1) is 24.4. The minimum Gasteiger partial charge on any atom is -0.486 e. The van der Waals surface area contributed by atoms with Crippen LogP contribution < -0.4 is 19.1 Å². The van der Waals surface area contributed by atoms with Gasteiger partial charge < -0.3 is 23.8 Å². The molecule has 11 nitrogen and oxygen atoms in total. The van der Waals surface area contributed by atoms with Gasteiger partial charge in [-0.1, -0.05) is 0 Å². The third-order valence-corrected chi connectivity index (χ3v) is 6.40. The minimum absolute atomic E-state index is 0.0902. The van der Waals surface area contributed by atoms with Crippen molar-refractivity contribution in [2.45, 2.75) is 12.5 Å². The molecule has 0 saturated carbocycles. The van der Waals surface area contributed by atoms with Crippen molar-refractivity contribution in [1.29, 1.82) is 0 Å². The van der Waals surface area contributed by atoms with Gasteiger partial charge in [-0.25, -0.2) is 27.8 Å². The number of ether oxygens (including phenoxy) is 4. The first-order valence-corrected chi connectivity index (χ1v) is 13.3. The van der Waals surface area contributed by atoms with Gasteiger partial charge in [0, 0.05) is 42.7 Å². The molecule has 0 aliphatic carbocycles. The summed E-state index contributed by atoms with van der Waals surface area (Å²) in [5, 5.41) is 0.401. The average molecular weight is 520 g/mol. The third-order valence-electron chi connectivity index (χ3n) is 5.81. The van der Waals surface area contributed by atoms with E-state index < -0.39 is 15.8 Å². The number of morpholine rings is 1. The van der Waals surface area contributed by atoms with Crippen LogP contribution in [-0.2, 0) is 19.5 Å². The number of hydrogen-bond acceptors (Lipinski definition) is 10. The van der Waals surface area contributed by atoms with Crippen molar-refractivity contribution in [1.82, 2.24) is 15.0 Å². The van der Waals surface area contributed by atoms with E-state index in [2.05, 4.69) is 9.71 Å². The number of halogens is 1. The zero-order valence-corrected chi connectivity index (χ0v) is 20.7. The summed E-state index contributed by atoms with van der Waals surface area (Å²) in [5.74, 6) is 0.284. The molecule has 36 heavy (non-hydrogen) atoms. The van der Waals surface area contributed by atoms with E-state index in [1.54, 1.807) is 6.07 Å². The lowest BCUT2D eigenvalue weighted by atomic mass is 10.1. The molecule has 192 valence electrons. The number of methoxy groups -OCH3 is 1. The zero-order valence-electron chi connectivity index (χ0n) is 19.9. The zero-order chi connectivity index (χ0) is 25.3. The second kappa shape index (κ2) is 9.99. The summed E-state index contributed by atoms with van der Waals surface area (Å²) in [6.45, 7) is 3.20. The molecule has 0 bridgehead atoms. The number of benzene rings is 1. The second-order valence-corrected chi connectivity index (χ2v) is 10.3. The Morgan fingerprint density at radius 2 is 1.94 bits per heavy atom. The molecule has 3 aromatic rings. The van der Waals surface area contributed by atoms with E-state index in [4.69, 9.17) is 28.9 Å². The van der Waals surface area contributed by atoms with E-state index in [0.717, 1.165) is 6.26 Å². The molecule has 1 N–H and O–H groups in total. The van der Waals surface area contributed by atoms with Crippen LogP contribution in [0, 0.1) is 5.82 Å². The number of anilines is 2. The molecule has 1 atom stereocenters. The Labute approximate surface area is 207 Å². The number of sulfonamides is 1. The molecule has 0 spiro atoms. The van der Waals surface area contributed by atoms with Crippen molar-refractivity contribution in [3.8, 4) is 22.9 Å². The van der Waals surface area contributed by atoms with Gasteiger partial charge in [-0.15, -0.1) is 0 Å². The molecule has 4 heterocycles. The molecule has 1 aromatic carbocycles. The van der Waals surface area contributed by atoms with E-state index in [0.29, 0.717) is 74.0 Å². The first-order chi connectivity index (χ1) is 17.3. The Morgan fingerprint density at radius 1 is 1.14 bits per heavy atom. The van der Waals surface area contributed by atoms with Crippen LogP contribution in [0.2, 0.25) is 0 Å². The SMILES string of the molecule is COc1ncc(-c2nc(N3CCOCC3)nc3c(O[C@@H]4CCOC4)cc(F)cc23)cc1NS(C)(=O)=O. The molecule has 2 fully saturated rings. The summed E-state index contributed by atoms with van der Waals surface area (Å²) >= 11 is 0. The maximum absolute atomic E-state index is 14.8. The fraction of sp³-hybridized carbons (Fsp3) is 0.435. The highest BCUT2D eigenvalue weighted by Gasteiger charge is 2.24. The third kappa shape index (κ3) is 5.27. The van der Waals surface area contributed by atoms with Crippen LogP contribution in [-0.4, -0.2) is 82.4 Å². The Bertz CT molecular complexity index is 1380. The highest BCUT2D eigenvalue weighted by molar-refractivity contribution is 7.92. The van der Waals surface area contributed by atoms with Crippen LogP contribution in [0.25, 0.3) is 22.2 Å². The van der Waals surface area contributed by atoms with Gasteiger partial charge in [0.25, 0.3) is 0 Å². The quantitative estimate of drug-likeness (QED) is 0.497. The Morgan fingerprint density at radius 3 is 2.64 bits per heavy atom. The predicted octanol–water partition coefficient (Wildman–Crippen LogP) is 2.22. The minimum atomic E-state index is -3.62. The Balaban J connectivity index is 1.70. The topological polar surface area (TPSA) is 125 Å². The lowest BCUT2D eigenvalue weighted by Gasteiger charge is -2.27. The fourth-order valence-electron chi connectivity index (χ4n) is 4.17. The first-order valence-electron chi connectivity index (χ1n) is 11.4. The van der Waals surface area contributed by atoms with E-state index in [1.165, 1.54) is 25.4 Å². The van der Waals surface area contributed by atoms with Crippen molar-refractivity contribution in [2.75, 3.05) is 62.5 Å². The normalized spacial score (nSPS) is 18.4. The smallest absolute Gasteiger partial charge is 0.238 e. The molecule has 2 aliphatic rings. The van der Waals surface area contributed by atoms with Crippen LogP contribution in [0.3, 0.4) is 0 Å². The molecule has 2 aliphatic heterocycles. The molecule has 13 heteroatoms. The summed E-state index contributed by atoms with van der Waals surface area (Å²) in [4.78, 5) is 15.7. The number of fused-ring (bicyclic) bond motifs is 1. The largest absolute Gasteiger partial charge is 0.486 e. The maximum Gasteiger partial charge on any atom is 0.238 e. The van der Waals surface area contributed by atoms with Gasteiger partial charge in [0.15, 0.2) is 0 Å². The highest BCUT2D eigenvalue weighted by Crippen LogP contribution is 2.37. The van der Waals surface area contributed by atoms with E-state index in [9.17, 15) is 12.8 Å². The number of rotatable bonds is 7. The van der Waals surface area contributed by atoms with E-state index in [-0.39, 0.29) is 23.4 Å². The maximum atomic E-state index is 14.8. The summed E-state index contributed by atoms with van der Waals surface area (Å²) < 4.78 is 63.3.